The predicted octanol–water partition coefficient (Wildman–Crippen LogP) is 1.76. The first kappa shape index (κ1) is 13.1. The minimum absolute atomic E-state index is 0.176. The first-order chi connectivity index (χ1) is 9.68. The van der Waals surface area contributed by atoms with Crippen LogP contribution in [0.15, 0.2) is 30.6 Å². The monoisotopic (exact) mass is 273 g/mol. The number of nitrogens with one attached hydrogen (secondary N) is 1. The quantitative estimate of drug-likeness (QED) is 0.895. The van der Waals surface area contributed by atoms with Crippen molar-refractivity contribution in [1.82, 2.24) is 14.9 Å². The van der Waals surface area contributed by atoms with Crippen LogP contribution < -0.4 is 5.32 Å². The maximum Gasteiger partial charge on any atom is 0.255 e. The number of nitrogens with zero attached hydrogens (tertiary/aromatic N) is 2. The van der Waals surface area contributed by atoms with E-state index in [1.165, 1.54) is 6.42 Å². The number of hydrogen-bond donors (Lipinski definition) is 2. The Morgan fingerprint density at radius 3 is 2.95 bits per heavy atom. The van der Waals surface area contributed by atoms with Crippen LogP contribution in [-0.4, -0.2) is 32.8 Å². The molecule has 0 spiro atoms. The van der Waals surface area contributed by atoms with Crippen LogP contribution in [0.2, 0.25) is 0 Å². The van der Waals surface area contributed by atoms with Crippen LogP contribution in [0.1, 0.15) is 42.5 Å². The lowest BCUT2D eigenvalue weighted by atomic mass is 9.85. The van der Waals surface area contributed by atoms with Crippen molar-refractivity contribution in [3.05, 3.63) is 36.2 Å². The summed E-state index contributed by atoms with van der Waals surface area (Å²) < 4.78 is 1.67. The second-order valence-corrected chi connectivity index (χ2v) is 5.56. The molecule has 1 aliphatic rings. The Kier molecular flexibility index (Phi) is 3.44. The van der Waals surface area contributed by atoms with Gasteiger partial charge in [0.1, 0.15) is 0 Å². The molecule has 1 amide bonds. The highest BCUT2D eigenvalue weighted by atomic mass is 16.3. The molecule has 2 aromatic heterocycles. The van der Waals surface area contributed by atoms with E-state index in [0.717, 1.165) is 31.2 Å². The maximum absolute atomic E-state index is 12.2. The molecular weight excluding hydrogens is 254 g/mol. The van der Waals surface area contributed by atoms with Crippen LogP contribution in [-0.2, 0) is 0 Å². The number of rotatable bonds is 3. The molecule has 0 aliphatic heterocycles. The molecule has 2 heterocycles. The van der Waals surface area contributed by atoms with Crippen LogP contribution >= 0.6 is 0 Å². The van der Waals surface area contributed by atoms with Crippen LogP contribution in [0, 0.1) is 0 Å². The molecule has 0 atom stereocenters. The summed E-state index contributed by atoms with van der Waals surface area (Å²) in [7, 11) is 0. The Hall–Kier alpha value is -1.88. The smallest absolute Gasteiger partial charge is 0.255 e. The molecule has 0 aromatic carbocycles. The number of aliphatic hydroxyl groups is 1. The van der Waals surface area contributed by atoms with Crippen molar-refractivity contribution >= 4 is 11.4 Å². The molecular formula is C15H19N3O2. The van der Waals surface area contributed by atoms with Gasteiger partial charge in [-0.05, 0) is 25.0 Å². The third kappa shape index (κ3) is 2.54. The van der Waals surface area contributed by atoms with Gasteiger partial charge in [0.05, 0.1) is 22.9 Å². The van der Waals surface area contributed by atoms with E-state index in [0.29, 0.717) is 12.1 Å². The number of carbonyl (C=O) groups excluding carboxylic acids is 1. The number of fused-ring (bicyclic) bond motifs is 1. The molecule has 1 saturated carbocycles. The van der Waals surface area contributed by atoms with Gasteiger partial charge >= 0.3 is 0 Å². The zero-order chi connectivity index (χ0) is 14.0. The molecule has 0 bridgehead atoms. The molecule has 1 aliphatic carbocycles. The number of pyridine rings is 1. The molecule has 2 N–H and O–H groups in total. The van der Waals surface area contributed by atoms with Gasteiger partial charge in [-0.25, -0.2) is 4.52 Å². The number of amides is 1. The fraction of sp³-hybridized carbons (Fsp3) is 0.467. The highest BCUT2D eigenvalue weighted by Gasteiger charge is 2.29. The normalized spacial score (nSPS) is 18.1. The Morgan fingerprint density at radius 1 is 1.35 bits per heavy atom. The second kappa shape index (κ2) is 5.25. The fourth-order valence-corrected chi connectivity index (χ4v) is 2.84. The van der Waals surface area contributed by atoms with Crippen molar-refractivity contribution in [2.45, 2.75) is 37.7 Å². The Balaban J connectivity index is 1.70. The molecule has 3 rings (SSSR count). The summed E-state index contributed by atoms with van der Waals surface area (Å²) in [6.07, 6.45) is 8.14. The SMILES string of the molecule is O=C(NCC1(O)CCCCC1)c1cnn2ccccc12. The molecule has 5 nitrogen and oxygen atoms in total. The third-order valence-electron chi connectivity index (χ3n) is 4.03. The van der Waals surface area contributed by atoms with E-state index >= 15 is 0 Å². The van der Waals surface area contributed by atoms with Gasteiger partial charge in [-0.15, -0.1) is 0 Å². The molecule has 106 valence electrons. The Bertz CT molecular complexity index is 614. The lowest BCUT2D eigenvalue weighted by Crippen LogP contribution is -2.44. The van der Waals surface area contributed by atoms with Crippen molar-refractivity contribution in [2.75, 3.05) is 6.54 Å². The number of hydrogen-bond acceptors (Lipinski definition) is 3. The summed E-state index contributed by atoms with van der Waals surface area (Å²) in [6, 6.07) is 5.60. The van der Waals surface area contributed by atoms with Gasteiger partial charge in [0.15, 0.2) is 0 Å². The Morgan fingerprint density at radius 2 is 2.15 bits per heavy atom. The van der Waals surface area contributed by atoms with Gasteiger partial charge < -0.3 is 10.4 Å². The number of carbonyl (C=O) groups is 1. The van der Waals surface area contributed by atoms with Gasteiger partial charge in [0.25, 0.3) is 5.91 Å². The van der Waals surface area contributed by atoms with E-state index < -0.39 is 5.60 Å². The van der Waals surface area contributed by atoms with E-state index in [2.05, 4.69) is 10.4 Å². The summed E-state index contributed by atoms with van der Waals surface area (Å²) in [4.78, 5) is 12.2. The highest BCUT2D eigenvalue weighted by molar-refractivity contribution is 6.00. The first-order valence-electron chi connectivity index (χ1n) is 7.11. The average Bonchev–Trinajstić information content (AvgIpc) is 2.90. The van der Waals surface area contributed by atoms with Crippen LogP contribution in [0.4, 0.5) is 0 Å². The van der Waals surface area contributed by atoms with Crippen LogP contribution in [0.25, 0.3) is 5.52 Å². The molecule has 5 heteroatoms. The summed E-state index contributed by atoms with van der Waals surface area (Å²) >= 11 is 0. The summed E-state index contributed by atoms with van der Waals surface area (Å²) in [5, 5.41) is 17.4. The van der Waals surface area contributed by atoms with Crippen molar-refractivity contribution in [1.29, 1.82) is 0 Å². The number of aromatic nitrogens is 2. The van der Waals surface area contributed by atoms with E-state index in [4.69, 9.17) is 0 Å². The van der Waals surface area contributed by atoms with Crippen molar-refractivity contribution < 1.29 is 9.90 Å². The van der Waals surface area contributed by atoms with Crippen LogP contribution in [0.3, 0.4) is 0 Å². The largest absolute Gasteiger partial charge is 0.388 e. The van der Waals surface area contributed by atoms with Gasteiger partial charge in [-0.3, -0.25) is 4.79 Å². The molecule has 20 heavy (non-hydrogen) atoms. The van der Waals surface area contributed by atoms with Crippen molar-refractivity contribution in [3.8, 4) is 0 Å². The zero-order valence-corrected chi connectivity index (χ0v) is 11.4. The van der Waals surface area contributed by atoms with Crippen LogP contribution in [0.5, 0.6) is 0 Å². The molecule has 0 radical (unpaired) electrons. The van der Waals surface area contributed by atoms with E-state index in [1.54, 1.807) is 16.9 Å². The fourth-order valence-electron chi connectivity index (χ4n) is 2.84. The minimum atomic E-state index is -0.739. The molecule has 1 fully saturated rings. The van der Waals surface area contributed by atoms with Gasteiger partial charge in [-0.2, -0.15) is 5.10 Å². The van der Waals surface area contributed by atoms with Gasteiger partial charge in [0, 0.05) is 12.7 Å². The standard InChI is InChI=1S/C15H19N3O2/c19-14(16-11-15(20)7-3-1-4-8-15)12-10-17-18-9-5-2-6-13(12)18/h2,5-6,9-10,20H,1,3-4,7-8,11H2,(H,16,19). The van der Waals surface area contributed by atoms with Crippen molar-refractivity contribution in [3.63, 3.8) is 0 Å². The second-order valence-electron chi connectivity index (χ2n) is 5.56. The first-order valence-corrected chi connectivity index (χ1v) is 7.11. The molecule has 2 aromatic rings. The lowest BCUT2D eigenvalue weighted by molar-refractivity contribution is 0.00527. The summed E-state index contributed by atoms with van der Waals surface area (Å²) in [5.41, 5.74) is 0.585. The molecule has 0 unspecified atom stereocenters. The summed E-state index contributed by atoms with van der Waals surface area (Å²) in [5.74, 6) is -0.176. The van der Waals surface area contributed by atoms with E-state index in [9.17, 15) is 9.90 Å². The third-order valence-corrected chi connectivity index (χ3v) is 4.03. The van der Waals surface area contributed by atoms with Gasteiger partial charge in [0.2, 0.25) is 0 Å². The Labute approximate surface area is 117 Å². The topological polar surface area (TPSA) is 66.6 Å². The van der Waals surface area contributed by atoms with Crippen molar-refractivity contribution in [2.24, 2.45) is 0 Å². The predicted molar refractivity (Wildman–Crippen MR) is 75.6 cm³/mol. The minimum Gasteiger partial charge on any atom is -0.388 e. The molecule has 0 saturated heterocycles. The highest BCUT2D eigenvalue weighted by Crippen LogP contribution is 2.27. The lowest BCUT2D eigenvalue weighted by Gasteiger charge is -2.32. The van der Waals surface area contributed by atoms with E-state index in [-0.39, 0.29) is 5.91 Å². The summed E-state index contributed by atoms with van der Waals surface area (Å²) in [6.45, 7) is 0.315. The van der Waals surface area contributed by atoms with E-state index in [1.807, 2.05) is 18.2 Å². The zero-order valence-electron chi connectivity index (χ0n) is 11.4. The average molecular weight is 273 g/mol. The maximum atomic E-state index is 12.2. The van der Waals surface area contributed by atoms with Gasteiger partial charge in [-0.1, -0.05) is 25.3 Å².